The minimum Gasteiger partial charge on any atom is -0.103 e. The number of rotatable bonds is 6. The fourth-order valence-corrected chi connectivity index (χ4v) is 2.57. The number of hydrogen-bond donors (Lipinski definition) is 0. The number of unbranched alkanes of at least 4 members (excludes halogenated alkanes) is 4. The first kappa shape index (κ1) is 13.6. The van der Waals surface area contributed by atoms with Crippen LogP contribution in [0.25, 0.3) is 0 Å². The van der Waals surface area contributed by atoms with Crippen molar-refractivity contribution in [3.63, 3.8) is 0 Å². The Morgan fingerprint density at radius 2 is 1.62 bits per heavy atom. The van der Waals surface area contributed by atoms with Crippen molar-refractivity contribution in [3.8, 4) is 11.8 Å². The van der Waals surface area contributed by atoms with E-state index in [1.54, 1.807) is 0 Å². The molecule has 0 bridgehead atoms. The van der Waals surface area contributed by atoms with Gasteiger partial charge in [0.15, 0.2) is 0 Å². The van der Waals surface area contributed by atoms with E-state index < -0.39 is 0 Å². The first-order valence-electron chi connectivity index (χ1n) is 7.39. The molecule has 0 heterocycles. The summed E-state index contributed by atoms with van der Waals surface area (Å²) in [5, 5.41) is 0. The standard InChI is InChI=1S/C16H28/c1-2-3-4-5-6-7-8-10-13-16-14-11-9-12-15-16/h16H,2-6,9-15H2,1H3. The first-order valence-corrected chi connectivity index (χ1v) is 7.39. The molecule has 92 valence electrons. The predicted octanol–water partition coefficient (Wildman–Crippen LogP) is 5.32. The second kappa shape index (κ2) is 9.76. The Bertz CT molecular complexity index is 200. The third kappa shape index (κ3) is 6.94. The number of hydrogen-bond acceptors (Lipinski definition) is 0. The van der Waals surface area contributed by atoms with Gasteiger partial charge in [-0.1, -0.05) is 58.3 Å². The topological polar surface area (TPSA) is 0 Å². The van der Waals surface area contributed by atoms with Gasteiger partial charge in [-0.25, -0.2) is 0 Å². The third-order valence-electron chi connectivity index (χ3n) is 3.68. The largest absolute Gasteiger partial charge is 0.103 e. The molecule has 0 nitrogen and oxygen atoms in total. The van der Waals surface area contributed by atoms with Crippen LogP contribution in [0.3, 0.4) is 0 Å². The van der Waals surface area contributed by atoms with Gasteiger partial charge in [-0.15, -0.1) is 11.8 Å². The van der Waals surface area contributed by atoms with Crippen molar-refractivity contribution >= 4 is 0 Å². The van der Waals surface area contributed by atoms with E-state index in [1.165, 1.54) is 64.2 Å². The lowest BCUT2D eigenvalue weighted by Gasteiger charge is -2.20. The van der Waals surface area contributed by atoms with Gasteiger partial charge in [0.1, 0.15) is 0 Å². The molecule has 0 heteroatoms. The molecule has 1 fully saturated rings. The lowest BCUT2D eigenvalue weighted by atomic mass is 9.86. The van der Waals surface area contributed by atoms with Crippen LogP contribution < -0.4 is 0 Å². The first-order chi connectivity index (χ1) is 7.93. The van der Waals surface area contributed by atoms with Crippen LogP contribution in [0.2, 0.25) is 0 Å². The van der Waals surface area contributed by atoms with Crippen molar-refractivity contribution in [2.75, 3.05) is 0 Å². The highest BCUT2D eigenvalue weighted by Gasteiger charge is 2.11. The minimum absolute atomic E-state index is 1.00. The molecule has 0 atom stereocenters. The monoisotopic (exact) mass is 220 g/mol. The van der Waals surface area contributed by atoms with Crippen molar-refractivity contribution < 1.29 is 0 Å². The van der Waals surface area contributed by atoms with E-state index in [4.69, 9.17) is 0 Å². The molecule has 0 aliphatic heterocycles. The van der Waals surface area contributed by atoms with Crippen LogP contribution in [0.4, 0.5) is 0 Å². The summed E-state index contributed by atoms with van der Waals surface area (Å²) in [5.41, 5.74) is 0. The molecule has 0 radical (unpaired) electrons. The molecule has 16 heavy (non-hydrogen) atoms. The van der Waals surface area contributed by atoms with E-state index in [2.05, 4.69) is 18.8 Å². The second-order valence-electron chi connectivity index (χ2n) is 5.21. The normalized spacial score (nSPS) is 16.8. The van der Waals surface area contributed by atoms with Gasteiger partial charge in [-0.3, -0.25) is 0 Å². The molecule has 0 spiro atoms. The van der Waals surface area contributed by atoms with E-state index in [0.717, 1.165) is 18.8 Å². The lowest BCUT2D eigenvalue weighted by Crippen LogP contribution is -2.05. The molecule has 0 aromatic heterocycles. The Hall–Kier alpha value is -0.440. The highest BCUT2D eigenvalue weighted by molar-refractivity contribution is 4.98. The lowest BCUT2D eigenvalue weighted by molar-refractivity contribution is 0.342. The summed E-state index contributed by atoms with van der Waals surface area (Å²) in [6.45, 7) is 2.26. The summed E-state index contributed by atoms with van der Waals surface area (Å²) in [7, 11) is 0. The van der Waals surface area contributed by atoms with Crippen LogP contribution in [-0.4, -0.2) is 0 Å². The van der Waals surface area contributed by atoms with Gasteiger partial charge in [0, 0.05) is 12.8 Å². The van der Waals surface area contributed by atoms with Crippen LogP contribution in [0.1, 0.15) is 84.0 Å². The average molecular weight is 220 g/mol. The summed E-state index contributed by atoms with van der Waals surface area (Å²) in [6.07, 6.45) is 16.4. The summed E-state index contributed by atoms with van der Waals surface area (Å²) in [4.78, 5) is 0. The smallest absolute Gasteiger partial charge is 0.00913 e. The molecule has 0 unspecified atom stereocenters. The van der Waals surface area contributed by atoms with Gasteiger partial charge in [-0.05, 0) is 18.8 Å². The highest BCUT2D eigenvalue weighted by Crippen LogP contribution is 2.26. The van der Waals surface area contributed by atoms with Crippen molar-refractivity contribution in [3.05, 3.63) is 0 Å². The molecule has 1 aliphatic carbocycles. The fraction of sp³-hybridized carbons (Fsp3) is 0.875. The molecular formula is C16H28. The van der Waals surface area contributed by atoms with Crippen LogP contribution in [0.5, 0.6) is 0 Å². The van der Waals surface area contributed by atoms with Crippen LogP contribution in [0, 0.1) is 17.8 Å². The molecule has 0 amide bonds. The van der Waals surface area contributed by atoms with Gasteiger partial charge in [0.2, 0.25) is 0 Å². The van der Waals surface area contributed by atoms with E-state index in [1.807, 2.05) is 0 Å². The van der Waals surface area contributed by atoms with Crippen LogP contribution in [-0.2, 0) is 0 Å². The summed E-state index contributed by atoms with van der Waals surface area (Å²) in [6, 6.07) is 0. The zero-order chi connectivity index (χ0) is 11.5. The predicted molar refractivity (Wildman–Crippen MR) is 72.3 cm³/mol. The molecule has 0 aromatic rings. The molecule has 0 aromatic carbocycles. The van der Waals surface area contributed by atoms with Gasteiger partial charge in [-0.2, -0.15) is 0 Å². The Labute approximate surface area is 102 Å². The minimum atomic E-state index is 1.00. The highest BCUT2D eigenvalue weighted by atomic mass is 14.2. The van der Waals surface area contributed by atoms with E-state index >= 15 is 0 Å². The molecule has 0 N–H and O–H groups in total. The van der Waals surface area contributed by atoms with Gasteiger partial charge in [0.25, 0.3) is 0 Å². The molecule has 1 rings (SSSR count). The average Bonchev–Trinajstić information content (AvgIpc) is 2.34. The Morgan fingerprint density at radius 3 is 2.38 bits per heavy atom. The van der Waals surface area contributed by atoms with E-state index in [9.17, 15) is 0 Å². The Morgan fingerprint density at radius 1 is 0.875 bits per heavy atom. The summed E-state index contributed by atoms with van der Waals surface area (Å²) >= 11 is 0. The van der Waals surface area contributed by atoms with Gasteiger partial charge in [0.05, 0.1) is 0 Å². The van der Waals surface area contributed by atoms with E-state index in [-0.39, 0.29) is 0 Å². The van der Waals surface area contributed by atoms with E-state index in [0.29, 0.717) is 0 Å². The maximum Gasteiger partial charge on any atom is 0.00913 e. The Kier molecular flexibility index (Phi) is 8.31. The van der Waals surface area contributed by atoms with Crippen molar-refractivity contribution in [2.24, 2.45) is 5.92 Å². The third-order valence-corrected chi connectivity index (χ3v) is 3.68. The SMILES string of the molecule is CCCCCCC#CCCC1CCCCC1. The summed E-state index contributed by atoms with van der Waals surface area (Å²) < 4.78 is 0. The quantitative estimate of drug-likeness (QED) is 0.420. The summed E-state index contributed by atoms with van der Waals surface area (Å²) in [5.74, 6) is 7.70. The second-order valence-corrected chi connectivity index (χ2v) is 5.21. The molecule has 1 aliphatic rings. The maximum absolute atomic E-state index is 3.36. The van der Waals surface area contributed by atoms with Crippen LogP contribution in [0.15, 0.2) is 0 Å². The van der Waals surface area contributed by atoms with Crippen molar-refractivity contribution in [1.82, 2.24) is 0 Å². The molecular weight excluding hydrogens is 192 g/mol. The zero-order valence-electron chi connectivity index (χ0n) is 11.1. The van der Waals surface area contributed by atoms with Crippen molar-refractivity contribution in [1.29, 1.82) is 0 Å². The van der Waals surface area contributed by atoms with Gasteiger partial charge >= 0.3 is 0 Å². The van der Waals surface area contributed by atoms with Crippen LogP contribution >= 0.6 is 0 Å². The maximum atomic E-state index is 3.36. The van der Waals surface area contributed by atoms with Crippen molar-refractivity contribution in [2.45, 2.75) is 84.0 Å². The Balaban J connectivity index is 1.91. The van der Waals surface area contributed by atoms with Gasteiger partial charge < -0.3 is 0 Å². The molecule has 1 saturated carbocycles. The zero-order valence-corrected chi connectivity index (χ0v) is 11.1. The fourth-order valence-electron chi connectivity index (χ4n) is 2.57. The molecule has 0 saturated heterocycles.